The smallest absolute Gasteiger partial charge is 0.174 e. The van der Waals surface area contributed by atoms with E-state index in [4.69, 9.17) is 12.2 Å². The molecule has 150 valence electrons. The SMILES string of the molecule is Cc1ccc(CN(Cc2ccncc2)C(=S)Nc2c(C)cccc2C(C)C)cc1. The van der Waals surface area contributed by atoms with Gasteiger partial charge < -0.3 is 10.2 Å². The molecule has 0 aliphatic carbocycles. The zero-order valence-electron chi connectivity index (χ0n) is 17.6. The van der Waals surface area contributed by atoms with E-state index in [1.165, 1.54) is 27.8 Å². The molecule has 1 N–H and O–H groups in total. The van der Waals surface area contributed by atoms with E-state index in [2.05, 4.69) is 85.4 Å². The zero-order chi connectivity index (χ0) is 20.8. The Balaban J connectivity index is 1.87. The molecule has 2 aromatic carbocycles. The summed E-state index contributed by atoms with van der Waals surface area (Å²) in [6.07, 6.45) is 3.65. The van der Waals surface area contributed by atoms with Crippen molar-refractivity contribution in [2.75, 3.05) is 5.32 Å². The van der Waals surface area contributed by atoms with E-state index in [0.29, 0.717) is 5.92 Å². The molecule has 1 aromatic heterocycles. The van der Waals surface area contributed by atoms with Gasteiger partial charge in [-0.05, 0) is 66.4 Å². The summed E-state index contributed by atoms with van der Waals surface area (Å²) in [6, 6.07) is 19.1. The topological polar surface area (TPSA) is 28.2 Å². The lowest BCUT2D eigenvalue weighted by molar-refractivity contribution is 0.412. The maximum Gasteiger partial charge on any atom is 0.174 e. The molecule has 0 aliphatic heterocycles. The van der Waals surface area contributed by atoms with Crippen LogP contribution in [0.1, 0.15) is 47.6 Å². The molecule has 0 saturated heterocycles. The van der Waals surface area contributed by atoms with Crippen LogP contribution >= 0.6 is 12.2 Å². The lowest BCUT2D eigenvalue weighted by Gasteiger charge is -2.28. The van der Waals surface area contributed by atoms with Crippen LogP contribution in [0.4, 0.5) is 5.69 Å². The molecule has 0 amide bonds. The van der Waals surface area contributed by atoms with Gasteiger partial charge >= 0.3 is 0 Å². The third kappa shape index (κ3) is 5.64. The number of anilines is 1. The maximum atomic E-state index is 5.89. The monoisotopic (exact) mass is 403 g/mol. The number of hydrogen-bond donors (Lipinski definition) is 1. The van der Waals surface area contributed by atoms with Gasteiger partial charge in [-0.25, -0.2) is 0 Å². The molecule has 0 unspecified atom stereocenters. The highest BCUT2D eigenvalue weighted by atomic mass is 32.1. The number of hydrogen-bond acceptors (Lipinski definition) is 2. The molecule has 3 aromatic rings. The van der Waals surface area contributed by atoms with Gasteiger partial charge in [-0.1, -0.05) is 61.9 Å². The Morgan fingerprint density at radius 1 is 0.931 bits per heavy atom. The number of para-hydroxylation sites is 1. The Morgan fingerprint density at radius 2 is 1.55 bits per heavy atom. The Kier molecular flexibility index (Phi) is 6.99. The minimum absolute atomic E-state index is 0.422. The fourth-order valence-corrected chi connectivity index (χ4v) is 3.58. The molecule has 1 heterocycles. The summed E-state index contributed by atoms with van der Waals surface area (Å²) in [7, 11) is 0. The lowest BCUT2D eigenvalue weighted by atomic mass is 9.98. The highest BCUT2D eigenvalue weighted by Crippen LogP contribution is 2.28. The number of nitrogens with zero attached hydrogens (tertiary/aromatic N) is 2. The van der Waals surface area contributed by atoms with E-state index in [1.807, 2.05) is 24.5 Å². The van der Waals surface area contributed by atoms with Gasteiger partial charge in [0.05, 0.1) is 0 Å². The standard InChI is InChI=1S/C25H29N3S/c1-18(2)23-7-5-6-20(4)24(23)27-25(29)28(17-22-12-14-26-15-13-22)16-21-10-8-19(3)9-11-21/h5-15,18H,16-17H2,1-4H3,(H,27,29). The Hall–Kier alpha value is -2.72. The van der Waals surface area contributed by atoms with E-state index in [0.717, 1.165) is 23.9 Å². The van der Waals surface area contributed by atoms with Crippen molar-refractivity contribution in [2.24, 2.45) is 0 Å². The van der Waals surface area contributed by atoms with Crippen LogP contribution in [-0.2, 0) is 13.1 Å². The van der Waals surface area contributed by atoms with Crippen LogP contribution in [0.5, 0.6) is 0 Å². The van der Waals surface area contributed by atoms with Crippen molar-refractivity contribution in [2.45, 2.75) is 46.7 Å². The van der Waals surface area contributed by atoms with Crippen LogP contribution in [0.3, 0.4) is 0 Å². The van der Waals surface area contributed by atoms with Gasteiger partial charge in [-0.3, -0.25) is 4.98 Å². The average Bonchev–Trinajstić information content (AvgIpc) is 2.71. The molecule has 0 fully saturated rings. The molecule has 3 rings (SSSR count). The van der Waals surface area contributed by atoms with E-state index in [-0.39, 0.29) is 0 Å². The summed E-state index contributed by atoms with van der Waals surface area (Å²) < 4.78 is 0. The van der Waals surface area contributed by atoms with Crippen LogP contribution in [0.25, 0.3) is 0 Å². The Labute approximate surface area is 179 Å². The second-order valence-corrected chi connectivity index (χ2v) is 8.21. The molecule has 29 heavy (non-hydrogen) atoms. The molecule has 3 nitrogen and oxygen atoms in total. The van der Waals surface area contributed by atoms with Crippen LogP contribution in [0.15, 0.2) is 67.0 Å². The second kappa shape index (κ2) is 9.66. The van der Waals surface area contributed by atoms with Crippen molar-refractivity contribution in [3.05, 3.63) is 94.8 Å². The predicted molar refractivity (Wildman–Crippen MR) is 126 cm³/mol. The first-order chi connectivity index (χ1) is 13.9. The number of aromatic nitrogens is 1. The third-order valence-corrected chi connectivity index (χ3v) is 5.42. The van der Waals surface area contributed by atoms with Crippen molar-refractivity contribution in [3.8, 4) is 0 Å². The van der Waals surface area contributed by atoms with E-state index >= 15 is 0 Å². The van der Waals surface area contributed by atoms with Crippen molar-refractivity contribution < 1.29 is 0 Å². The largest absolute Gasteiger partial charge is 0.340 e. The molecule has 0 spiro atoms. The maximum absolute atomic E-state index is 5.89. The van der Waals surface area contributed by atoms with E-state index in [1.54, 1.807) is 0 Å². The molecule has 0 bridgehead atoms. The van der Waals surface area contributed by atoms with Crippen LogP contribution < -0.4 is 5.32 Å². The van der Waals surface area contributed by atoms with Gasteiger partial charge in [-0.15, -0.1) is 0 Å². The van der Waals surface area contributed by atoms with Crippen LogP contribution in [0.2, 0.25) is 0 Å². The van der Waals surface area contributed by atoms with Crippen molar-refractivity contribution in [1.82, 2.24) is 9.88 Å². The zero-order valence-corrected chi connectivity index (χ0v) is 18.5. The molecular formula is C25H29N3S. The number of rotatable bonds is 6. The lowest BCUT2D eigenvalue weighted by Crippen LogP contribution is -2.34. The summed E-state index contributed by atoms with van der Waals surface area (Å²) in [4.78, 5) is 6.35. The first-order valence-electron chi connectivity index (χ1n) is 10.0. The molecule has 4 heteroatoms. The van der Waals surface area contributed by atoms with Gasteiger partial charge in [0.2, 0.25) is 0 Å². The number of benzene rings is 2. The summed E-state index contributed by atoms with van der Waals surface area (Å²) in [5.41, 5.74) is 7.30. The molecular weight excluding hydrogens is 374 g/mol. The van der Waals surface area contributed by atoms with E-state index < -0.39 is 0 Å². The second-order valence-electron chi connectivity index (χ2n) is 7.82. The predicted octanol–water partition coefficient (Wildman–Crippen LogP) is 6.22. The highest BCUT2D eigenvalue weighted by molar-refractivity contribution is 7.80. The van der Waals surface area contributed by atoms with Crippen LogP contribution in [-0.4, -0.2) is 15.0 Å². The normalized spacial score (nSPS) is 10.8. The Morgan fingerprint density at radius 3 is 2.17 bits per heavy atom. The number of aryl methyl sites for hydroxylation is 2. The fourth-order valence-electron chi connectivity index (χ4n) is 3.35. The third-order valence-electron chi connectivity index (χ3n) is 5.06. The van der Waals surface area contributed by atoms with Gasteiger partial charge in [-0.2, -0.15) is 0 Å². The molecule has 0 saturated carbocycles. The molecule has 0 radical (unpaired) electrons. The van der Waals surface area contributed by atoms with Crippen molar-refractivity contribution >= 4 is 23.0 Å². The minimum atomic E-state index is 0.422. The summed E-state index contributed by atoms with van der Waals surface area (Å²) >= 11 is 5.89. The number of pyridine rings is 1. The van der Waals surface area contributed by atoms with Crippen molar-refractivity contribution in [3.63, 3.8) is 0 Å². The summed E-state index contributed by atoms with van der Waals surface area (Å²) in [5, 5.41) is 4.29. The molecule has 0 aliphatic rings. The van der Waals surface area contributed by atoms with Gasteiger partial charge in [0.25, 0.3) is 0 Å². The molecule has 0 atom stereocenters. The quantitative estimate of drug-likeness (QED) is 0.495. The van der Waals surface area contributed by atoms with Gasteiger partial charge in [0.1, 0.15) is 0 Å². The van der Waals surface area contributed by atoms with Crippen LogP contribution in [0, 0.1) is 13.8 Å². The summed E-state index contributed by atoms with van der Waals surface area (Å²) in [5.74, 6) is 0.422. The fraction of sp³-hybridized carbons (Fsp3) is 0.280. The number of nitrogens with one attached hydrogen (secondary N) is 1. The first kappa shape index (κ1) is 21.0. The highest BCUT2D eigenvalue weighted by Gasteiger charge is 2.15. The minimum Gasteiger partial charge on any atom is -0.340 e. The van der Waals surface area contributed by atoms with Gasteiger partial charge in [0, 0.05) is 31.2 Å². The van der Waals surface area contributed by atoms with Crippen molar-refractivity contribution in [1.29, 1.82) is 0 Å². The Bertz CT molecular complexity index is 950. The average molecular weight is 404 g/mol. The first-order valence-corrected chi connectivity index (χ1v) is 10.4. The van der Waals surface area contributed by atoms with Gasteiger partial charge in [0.15, 0.2) is 5.11 Å². The van der Waals surface area contributed by atoms with E-state index in [9.17, 15) is 0 Å². The number of thiocarbonyl (C=S) groups is 1. The summed E-state index contributed by atoms with van der Waals surface area (Å²) in [6.45, 7) is 10.1.